The van der Waals surface area contributed by atoms with Gasteiger partial charge in [0.2, 0.25) is 10.6 Å². The zero-order valence-electron chi connectivity index (χ0n) is 13.0. The number of rotatable bonds is 10. The van der Waals surface area contributed by atoms with Crippen molar-refractivity contribution in [3.8, 4) is 0 Å². The molecule has 0 spiro atoms. The molecule has 1 aromatic rings. The number of hydrogen-bond acceptors (Lipinski definition) is 2. The van der Waals surface area contributed by atoms with E-state index in [2.05, 4.69) is 57.6 Å². The van der Waals surface area contributed by atoms with Crippen LogP contribution in [-0.4, -0.2) is 4.98 Å². The van der Waals surface area contributed by atoms with Gasteiger partial charge in [-0.25, -0.2) is 4.98 Å². The molecule has 0 aliphatic carbocycles. The van der Waals surface area contributed by atoms with Gasteiger partial charge in [-0.3, -0.25) is 0 Å². The molecule has 1 atom stereocenters. The lowest BCUT2D eigenvalue weighted by Crippen LogP contribution is -2.22. The summed E-state index contributed by atoms with van der Waals surface area (Å²) in [6.07, 6.45) is 11.3. The van der Waals surface area contributed by atoms with Crippen molar-refractivity contribution in [1.29, 1.82) is 0 Å². The maximum absolute atomic E-state index is 5.81. The molecular formula is C16H27Br2NO. The highest BCUT2D eigenvalue weighted by Crippen LogP contribution is 2.37. The Kier molecular flexibility index (Phi) is 8.42. The van der Waals surface area contributed by atoms with Crippen molar-refractivity contribution >= 4 is 31.9 Å². The van der Waals surface area contributed by atoms with Crippen LogP contribution in [0.3, 0.4) is 0 Å². The van der Waals surface area contributed by atoms with E-state index >= 15 is 0 Å². The molecule has 0 N–H and O–H groups in total. The minimum atomic E-state index is 0.0662. The van der Waals surface area contributed by atoms with Gasteiger partial charge in [0, 0.05) is 5.41 Å². The maximum atomic E-state index is 5.81. The number of oxazole rings is 1. The van der Waals surface area contributed by atoms with Crippen LogP contribution in [0, 0.1) is 0 Å². The second-order valence-corrected chi connectivity index (χ2v) is 7.38. The van der Waals surface area contributed by atoms with Crippen LogP contribution in [0.1, 0.15) is 84.4 Å². The van der Waals surface area contributed by atoms with Crippen LogP contribution in [0.15, 0.2) is 13.7 Å². The van der Waals surface area contributed by atoms with E-state index in [1.54, 1.807) is 0 Å². The van der Waals surface area contributed by atoms with Gasteiger partial charge < -0.3 is 4.42 Å². The lowest BCUT2D eigenvalue weighted by atomic mass is 9.80. The summed E-state index contributed by atoms with van der Waals surface area (Å²) >= 11 is 6.83. The van der Waals surface area contributed by atoms with Gasteiger partial charge in [0.25, 0.3) is 0 Å². The fourth-order valence-corrected chi connectivity index (χ4v) is 3.05. The summed E-state index contributed by atoms with van der Waals surface area (Å²) in [4.78, 5) is 4.55. The lowest BCUT2D eigenvalue weighted by Gasteiger charge is -2.26. The molecule has 0 saturated heterocycles. The molecule has 1 unspecified atom stereocenters. The lowest BCUT2D eigenvalue weighted by molar-refractivity contribution is 0.285. The standard InChI is InChI=1S/C16H27Br2NO/c1-4-6-8-9-10-12-16(3,11-7-5-2)15-19-13(17)14(18)20-15/h4-12H2,1-3H3. The van der Waals surface area contributed by atoms with E-state index in [-0.39, 0.29) is 5.41 Å². The second-order valence-electron chi connectivity index (χ2n) is 5.91. The van der Waals surface area contributed by atoms with E-state index in [0.717, 1.165) is 23.3 Å². The van der Waals surface area contributed by atoms with Crippen molar-refractivity contribution in [2.75, 3.05) is 0 Å². The third-order valence-electron chi connectivity index (χ3n) is 3.98. The maximum Gasteiger partial charge on any atom is 0.204 e. The SMILES string of the molecule is CCCCCCCC(C)(CCCC)c1nc(Br)c(Br)o1. The molecule has 0 amide bonds. The van der Waals surface area contributed by atoms with E-state index < -0.39 is 0 Å². The summed E-state index contributed by atoms with van der Waals surface area (Å²) in [6.45, 7) is 6.80. The Balaban J connectivity index is 2.65. The Hall–Kier alpha value is 0.170. The first-order chi connectivity index (χ1) is 9.53. The first-order valence-corrected chi connectivity index (χ1v) is 9.44. The van der Waals surface area contributed by atoms with E-state index in [1.807, 2.05) is 0 Å². The van der Waals surface area contributed by atoms with Crippen LogP contribution in [0.2, 0.25) is 0 Å². The monoisotopic (exact) mass is 407 g/mol. The number of aromatic nitrogens is 1. The normalized spacial score (nSPS) is 14.4. The number of halogens is 2. The zero-order chi connectivity index (χ0) is 15.0. The summed E-state index contributed by atoms with van der Waals surface area (Å²) in [5.74, 6) is 0.875. The van der Waals surface area contributed by atoms with E-state index in [0.29, 0.717) is 4.67 Å². The molecule has 0 aliphatic heterocycles. The largest absolute Gasteiger partial charge is 0.432 e. The summed E-state index contributed by atoms with van der Waals surface area (Å²) < 4.78 is 7.30. The van der Waals surface area contributed by atoms with Crippen molar-refractivity contribution in [2.45, 2.75) is 84.0 Å². The molecular weight excluding hydrogens is 382 g/mol. The van der Waals surface area contributed by atoms with Gasteiger partial charge in [-0.05, 0) is 44.7 Å². The summed E-state index contributed by atoms with van der Waals surface area (Å²) in [5.41, 5.74) is 0.0662. The first kappa shape index (κ1) is 18.2. The summed E-state index contributed by atoms with van der Waals surface area (Å²) in [6, 6.07) is 0. The topological polar surface area (TPSA) is 26.0 Å². The van der Waals surface area contributed by atoms with Crippen molar-refractivity contribution in [1.82, 2.24) is 4.98 Å². The van der Waals surface area contributed by atoms with Gasteiger partial charge in [0.05, 0.1) is 0 Å². The van der Waals surface area contributed by atoms with Gasteiger partial charge >= 0.3 is 0 Å². The Morgan fingerprint density at radius 1 is 0.950 bits per heavy atom. The van der Waals surface area contributed by atoms with Crippen LogP contribution < -0.4 is 0 Å². The minimum Gasteiger partial charge on any atom is -0.432 e. The number of nitrogens with zero attached hydrogens (tertiary/aromatic N) is 1. The van der Waals surface area contributed by atoms with Crippen molar-refractivity contribution in [2.24, 2.45) is 0 Å². The molecule has 1 aromatic heterocycles. The van der Waals surface area contributed by atoms with Gasteiger partial charge in [-0.2, -0.15) is 0 Å². The highest BCUT2D eigenvalue weighted by atomic mass is 79.9. The predicted octanol–water partition coefficient (Wildman–Crippen LogP) is 7.01. The third-order valence-corrected chi connectivity index (χ3v) is 5.59. The van der Waals surface area contributed by atoms with Crippen LogP contribution in [0.25, 0.3) is 0 Å². The predicted molar refractivity (Wildman–Crippen MR) is 92.2 cm³/mol. The molecule has 4 heteroatoms. The van der Waals surface area contributed by atoms with Crippen LogP contribution >= 0.6 is 31.9 Å². The molecule has 1 rings (SSSR count). The fourth-order valence-electron chi connectivity index (χ4n) is 2.57. The third kappa shape index (κ3) is 5.51. The zero-order valence-corrected chi connectivity index (χ0v) is 16.1. The molecule has 2 nitrogen and oxygen atoms in total. The highest BCUT2D eigenvalue weighted by molar-refractivity contribution is 9.13. The Morgan fingerprint density at radius 2 is 1.55 bits per heavy atom. The molecule has 0 bridgehead atoms. The van der Waals surface area contributed by atoms with Gasteiger partial charge in [0.1, 0.15) is 0 Å². The Morgan fingerprint density at radius 3 is 2.10 bits per heavy atom. The smallest absolute Gasteiger partial charge is 0.204 e. The van der Waals surface area contributed by atoms with Crippen LogP contribution in [-0.2, 0) is 5.41 Å². The molecule has 0 aromatic carbocycles. The molecule has 0 aliphatic rings. The Bertz CT molecular complexity index is 372. The average molecular weight is 409 g/mol. The number of hydrogen-bond donors (Lipinski definition) is 0. The quantitative estimate of drug-likeness (QED) is 0.389. The summed E-state index contributed by atoms with van der Waals surface area (Å²) in [5, 5.41) is 0. The van der Waals surface area contributed by atoms with E-state index in [9.17, 15) is 0 Å². The minimum absolute atomic E-state index is 0.0662. The number of unbranched alkanes of at least 4 members (excludes halogenated alkanes) is 5. The van der Waals surface area contributed by atoms with Gasteiger partial charge in [0.15, 0.2) is 4.60 Å². The summed E-state index contributed by atoms with van der Waals surface area (Å²) in [7, 11) is 0. The molecule has 0 fully saturated rings. The molecule has 0 saturated carbocycles. The molecule has 0 radical (unpaired) electrons. The van der Waals surface area contributed by atoms with E-state index in [4.69, 9.17) is 4.42 Å². The van der Waals surface area contributed by atoms with Crippen molar-refractivity contribution in [3.63, 3.8) is 0 Å². The van der Waals surface area contributed by atoms with Crippen molar-refractivity contribution < 1.29 is 4.42 Å². The van der Waals surface area contributed by atoms with Crippen LogP contribution in [0.5, 0.6) is 0 Å². The molecule has 116 valence electrons. The highest BCUT2D eigenvalue weighted by Gasteiger charge is 2.31. The van der Waals surface area contributed by atoms with Crippen molar-refractivity contribution in [3.05, 3.63) is 15.2 Å². The van der Waals surface area contributed by atoms with Gasteiger partial charge in [-0.1, -0.05) is 65.7 Å². The Labute approximate surface area is 140 Å². The average Bonchev–Trinajstić information content (AvgIpc) is 2.77. The second kappa shape index (κ2) is 9.24. The molecule has 20 heavy (non-hydrogen) atoms. The fraction of sp³-hybridized carbons (Fsp3) is 0.812. The van der Waals surface area contributed by atoms with E-state index in [1.165, 1.54) is 44.9 Å². The molecule has 1 heterocycles. The first-order valence-electron chi connectivity index (χ1n) is 7.85. The van der Waals surface area contributed by atoms with Gasteiger partial charge in [-0.15, -0.1) is 0 Å². The van der Waals surface area contributed by atoms with Crippen LogP contribution in [0.4, 0.5) is 0 Å².